The standard InChI is InChI=1S/C20H19Cl2N3O4/c1-29-15-6-2-13(3-7-15)4-9-19(27)24-25-20(28)11-10-18(26)23-17-8-5-14(21)12-16(17)22/h2-9,12H,10-11H2,1H3,(H,23,26)(H,24,27)(H,25,28)/b9-4+. The second kappa shape index (κ2) is 11.1. The number of carbonyl (C=O) groups excluding carboxylic acids is 3. The van der Waals surface area contributed by atoms with Crippen molar-refractivity contribution in [2.45, 2.75) is 12.8 Å². The van der Waals surface area contributed by atoms with Gasteiger partial charge in [0.1, 0.15) is 5.75 Å². The molecular formula is C20H19Cl2N3O4. The number of halogens is 2. The fourth-order valence-electron chi connectivity index (χ4n) is 2.15. The summed E-state index contributed by atoms with van der Waals surface area (Å²) in [6.07, 6.45) is 2.67. The van der Waals surface area contributed by atoms with Crippen molar-refractivity contribution in [2.75, 3.05) is 12.4 Å². The molecule has 2 rings (SSSR count). The van der Waals surface area contributed by atoms with E-state index >= 15 is 0 Å². The topological polar surface area (TPSA) is 96.5 Å². The molecule has 0 radical (unpaired) electrons. The van der Waals surface area contributed by atoms with Crippen molar-refractivity contribution in [3.05, 3.63) is 64.1 Å². The third kappa shape index (κ3) is 7.85. The van der Waals surface area contributed by atoms with Crippen LogP contribution in [0.4, 0.5) is 5.69 Å². The molecule has 0 heterocycles. The summed E-state index contributed by atoms with van der Waals surface area (Å²) in [4.78, 5) is 35.4. The molecule has 0 aliphatic heterocycles. The largest absolute Gasteiger partial charge is 0.497 e. The Bertz CT molecular complexity index is 914. The van der Waals surface area contributed by atoms with Crippen molar-refractivity contribution in [1.29, 1.82) is 0 Å². The minimum Gasteiger partial charge on any atom is -0.497 e. The van der Waals surface area contributed by atoms with Crippen molar-refractivity contribution < 1.29 is 19.1 Å². The number of carbonyl (C=O) groups is 3. The van der Waals surface area contributed by atoms with E-state index in [4.69, 9.17) is 27.9 Å². The Morgan fingerprint density at radius 2 is 1.66 bits per heavy atom. The summed E-state index contributed by atoms with van der Waals surface area (Å²) in [5, 5.41) is 3.33. The van der Waals surface area contributed by atoms with E-state index in [9.17, 15) is 14.4 Å². The van der Waals surface area contributed by atoms with E-state index in [2.05, 4.69) is 16.2 Å². The van der Waals surface area contributed by atoms with Crippen LogP contribution in [-0.4, -0.2) is 24.8 Å². The molecule has 0 unspecified atom stereocenters. The molecular weight excluding hydrogens is 417 g/mol. The summed E-state index contributed by atoms with van der Waals surface area (Å²) < 4.78 is 5.05. The second-order valence-corrected chi connectivity index (χ2v) is 6.66. The average Bonchev–Trinajstić information content (AvgIpc) is 2.71. The molecule has 2 aromatic rings. The lowest BCUT2D eigenvalue weighted by atomic mass is 10.2. The van der Waals surface area contributed by atoms with Crippen LogP contribution in [-0.2, 0) is 14.4 Å². The predicted octanol–water partition coefficient (Wildman–Crippen LogP) is 3.58. The monoisotopic (exact) mass is 435 g/mol. The van der Waals surface area contributed by atoms with E-state index < -0.39 is 17.7 Å². The van der Waals surface area contributed by atoms with Gasteiger partial charge in [-0.15, -0.1) is 0 Å². The van der Waals surface area contributed by atoms with Gasteiger partial charge in [0.15, 0.2) is 0 Å². The van der Waals surface area contributed by atoms with E-state index in [1.807, 2.05) is 0 Å². The lowest BCUT2D eigenvalue weighted by Crippen LogP contribution is -2.41. The number of hydrogen-bond acceptors (Lipinski definition) is 4. The summed E-state index contributed by atoms with van der Waals surface area (Å²) in [6, 6.07) is 11.8. The number of amides is 3. The number of ether oxygens (including phenoxy) is 1. The summed E-state index contributed by atoms with van der Waals surface area (Å²) in [5.41, 5.74) is 5.69. The molecule has 0 saturated heterocycles. The van der Waals surface area contributed by atoms with E-state index in [0.29, 0.717) is 21.5 Å². The van der Waals surface area contributed by atoms with Crippen LogP contribution >= 0.6 is 23.2 Å². The van der Waals surface area contributed by atoms with E-state index in [1.54, 1.807) is 49.6 Å². The minimum absolute atomic E-state index is 0.0810. The zero-order valence-electron chi connectivity index (χ0n) is 15.5. The van der Waals surface area contributed by atoms with Gasteiger partial charge in [-0.1, -0.05) is 35.3 Å². The fourth-order valence-corrected chi connectivity index (χ4v) is 2.61. The van der Waals surface area contributed by atoms with Gasteiger partial charge < -0.3 is 10.1 Å². The predicted molar refractivity (Wildman–Crippen MR) is 113 cm³/mol. The van der Waals surface area contributed by atoms with Crippen LogP contribution in [0.25, 0.3) is 6.08 Å². The zero-order valence-corrected chi connectivity index (χ0v) is 17.0. The molecule has 0 saturated carbocycles. The summed E-state index contributed by atoms with van der Waals surface area (Å²) in [6.45, 7) is 0. The maximum absolute atomic E-state index is 11.9. The average molecular weight is 436 g/mol. The maximum atomic E-state index is 11.9. The number of benzene rings is 2. The van der Waals surface area contributed by atoms with Crippen LogP contribution in [0.5, 0.6) is 5.75 Å². The Kier molecular flexibility index (Phi) is 8.51. The van der Waals surface area contributed by atoms with Crippen LogP contribution in [0.3, 0.4) is 0 Å². The number of hydrogen-bond donors (Lipinski definition) is 3. The molecule has 0 aromatic heterocycles. The molecule has 3 amide bonds. The highest BCUT2D eigenvalue weighted by molar-refractivity contribution is 6.36. The van der Waals surface area contributed by atoms with Gasteiger partial charge in [-0.3, -0.25) is 25.2 Å². The van der Waals surface area contributed by atoms with Crippen LogP contribution in [0.15, 0.2) is 48.5 Å². The highest BCUT2D eigenvalue weighted by Gasteiger charge is 2.10. The lowest BCUT2D eigenvalue weighted by molar-refractivity contribution is -0.128. The SMILES string of the molecule is COc1ccc(/C=C/C(=O)NNC(=O)CCC(=O)Nc2ccc(Cl)cc2Cl)cc1. The third-order valence-corrected chi connectivity index (χ3v) is 4.20. The Hall–Kier alpha value is -3.03. The van der Waals surface area contributed by atoms with Crippen LogP contribution in [0.1, 0.15) is 18.4 Å². The molecule has 7 nitrogen and oxygen atoms in total. The van der Waals surface area contributed by atoms with Crippen molar-refractivity contribution >= 4 is 52.7 Å². The Balaban J connectivity index is 1.70. The molecule has 0 fully saturated rings. The number of anilines is 1. The van der Waals surface area contributed by atoms with Gasteiger partial charge in [0.05, 0.1) is 17.8 Å². The zero-order chi connectivity index (χ0) is 21.2. The summed E-state index contributed by atoms with van der Waals surface area (Å²) in [5.74, 6) is -0.698. The first-order chi connectivity index (χ1) is 13.9. The highest BCUT2D eigenvalue weighted by atomic mass is 35.5. The molecule has 0 aliphatic rings. The number of hydrazine groups is 1. The van der Waals surface area contributed by atoms with Gasteiger partial charge in [0, 0.05) is 23.9 Å². The van der Waals surface area contributed by atoms with E-state index in [-0.39, 0.29) is 12.8 Å². The number of nitrogens with one attached hydrogen (secondary N) is 3. The van der Waals surface area contributed by atoms with Gasteiger partial charge in [-0.2, -0.15) is 0 Å². The van der Waals surface area contributed by atoms with Gasteiger partial charge in [-0.25, -0.2) is 0 Å². The highest BCUT2D eigenvalue weighted by Crippen LogP contribution is 2.25. The van der Waals surface area contributed by atoms with Gasteiger partial charge in [-0.05, 0) is 42.0 Å². The minimum atomic E-state index is -0.508. The molecule has 152 valence electrons. The van der Waals surface area contributed by atoms with Crippen molar-refractivity contribution in [1.82, 2.24) is 10.9 Å². The molecule has 9 heteroatoms. The molecule has 0 spiro atoms. The molecule has 0 atom stereocenters. The normalized spacial score (nSPS) is 10.4. The van der Waals surface area contributed by atoms with Gasteiger partial charge in [0.25, 0.3) is 5.91 Å². The lowest BCUT2D eigenvalue weighted by Gasteiger charge is -2.08. The fraction of sp³-hybridized carbons (Fsp3) is 0.150. The first kappa shape index (κ1) is 22.3. The molecule has 0 aliphatic carbocycles. The van der Waals surface area contributed by atoms with E-state index in [0.717, 1.165) is 5.56 Å². The Morgan fingerprint density at radius 3 is 2.31 bits per heavy atom. The van der Waals surface area contributed by atoms with Gasteiger partial charge in [0.2, 0.25) is 11.8 Å². The number of rotatable bonds is 7. The first-order valence-electron chi connectivity index (χ1n) is 8.53. The molecule has 3 N–H and O–H groups in total. The summed E-state index contributed by atoms with van der Waals surface area (Å²) in [7, 11) is 1.57. The Morgan fingerprint density at radius 1 is 0.966 bits per heavy atom. The number of methoxy groups -OCH3 is 1. The second-order valence-electron chi connectivity index (χ2n) is 5.82. The Labute approximate surface area is 178 Å². The van der Waals surface area contributed by atoms with E-state index in [1.165, 1.54) is 12.1 Å². The third-order valence-electron chi connectivity index (χ3n) is 3.65. The van der Waals surface area contributed by atoms with Crippen LogP contribution < -0.4 is 20.9 Å². The van der Waals surface area contributed by atoms with Crippen molar-refractivity contribution in [2.24, 2.45) is 0 Å². The maximum Gasteiger partial charge on any atom is 0.262 e. The molecule has 2 aromatic carbocycles. The quantitative estimate of drug-likeness (QED) is 0.457. The van der Waals surface area contributed by atoms with Crippen molar-refractivity contribution in [3.8, 4) is 5.75 Å². The summed E-state index contributed by atoms with van der Waals surface area (Å²) >= 11 is 11.8. The molecule has 29 heavy (non-hydrogen) atoms. The smallest absolute Gasteiger partial charge is 0.262 e. The van der Waals surface area contributed by atoms with Gasteiger partial charge >= 0.3 is 0 Å². The first-order valence-corrected chi connectivity index (χ1v) is 9.29. The molecule has 0 bridgehead atoms. The van der Waals surface area contributed by atoms with Crippen LogP contribution in [0, 0.1) is 0 Å². The van der Waals surface area contributed by atoms with Crippen molar-refractivity contribution in [3.63, 3.8) is 0 Å². The van der Waals surface area contributed by atoms with Crippen LogP contribution in [0.2, 0.25) is 10.0 Å².